The van der Waals surface area contributed by atoms with E-state index < -0.39 is 5.97 Å². The molecule has 0 saturated carbocycles. The number of aryl methyl sites for hydroxylation is 1. The molecule has 2 rings (SSSR count). The Bertz CT molecular complexity index is 639. The second kappa shape index (κ2) is 6.33. The van der Waals surface area contributed by atoms with Crippen LogP contribution in [-0.4, -0.2) is 28.6 Å². The third-order valence-corrected chi connectivity index (χ3v) is 3.55. The Labute approximate surface area is 119 Å². The molecule has 3 N–H and O–H groups in total. The first-order chi connectivity index (χ1) is 9.54. The van der Waals surface area contributed by atoms with Gasteiger partial charge in [-0.2, -0.15) is 0 Å². The Morgan fingerprint density at radius 1 is 1.40 bits per heavy atom. The van der Waals surface area contributed by atoms with Crippen molar-refractivity contribution in [2.75, 3.05) is 11.9 Å². The molecule has 0 atom stereocenters. The minimum absolute atomic E-state index is 0.0424. The average Bonchev–Trinajstić information content (AvgIpc) is 2.75. The van der Waals surface area contributed by atoms with E-state index in [0.717, 1.165) is 15.8 Å². The maximum absolute atomic E-state index is 11.6. The highest BCUT2D eigenvalue weighted by Gasteiger charge is 2.07. The van der Waals surface area contributed by atoms with Crippen LogP contribution < -0.4 is 10.6 Å². The second-order valence-electron chi connectivity index (χ2n) is 4.37. The van der Waals surface area contributed by atoms with Crippen LogP contribution >= 0.6 is 11.3 Å². The molecule has 106 valence electrons. The summed E-state index contributed by atoms with van der Waals surface area (Å²) < 4.78 is 1.02. The molecule has 0 aliphatic carbocycles. The minimum Gasteiger partial charge on any atom is -0.481 e. The van der Waals surface area contributed by atoms with Crippen molar-refractivity contribution in [3.8, 4) is 0 Å². The summed E-state index contributed by atoms with van der Waals surface area (Å²) in [6, 6.07) is 5.53. The highest BCUT2D eigenvalue weighted by Crippen LogP contribution is 2.26. The number of carboxylic acid groups (broad SMARTS) is 1. The molecule has 1 aromatic heterocycles. The molecule has 20 heavy (non-hydrogen) atoms. The molecule has 0 spiro atoms. The van der Waals surface area contributed by atoms with Crippen molar-refractivity contribution >= 4 is 38.7 Å². The summed E-state index contributed by atoms with van der Waals surface area (Å²) in [5.74, 6) is -0.867. The highest BCUT2D eigenvalue weighted by atomic mass is 32.1. The van der Waals surface area contributed by atoms with Gasteiger partial charge >= 0.3 is 12.0 Å². The fraction of sp³-hybridized carbons (Fsp3) is 0.308. The first-order valence-electron chi connectivity index (χ1n) is 6.18. The van der Waals surface area contributed by atoms with Crippen molar-refractivity contribution in [3.05, 3.63) is 23.8 Å². The molecule has 0 bridgehead atoms. The fourth-order valence-corrected chi connectivity index (χ4v) is 2.63. The summed E-state index contributed by atoms with van der Waals surface area (Å²) in [5, 5.41) is 14.3. The van der Waals surface area contributed by atoms with Crippen molar-refractivity contribution in [2.24, 2.45) is 0 Å². The van der Waals surface area contributed by atoms with E-state index in [-0.39, 0.29) is 12.5 Å². The van der Waals surface area contributed by atoms with Crippen molar-refractivity contribution in [1.29, 1.82) is 0 Å². The number of carbonyl (C=O) groups is 2. The van der Waals surface area contributed by atoms with Gasteiger partial charge in [0.1, 0.15) is 0 Å². The van der Waals surface area contributed by atoms with E-state index in [1.165, 1.54) is 11.3 Å². The predicted octanol–water partition coefficient (Wildman–Crippen LogP) is 2.59. The van der Waals surface area contributed by atoms with E-state index >= 15 is 0 Å². The first-order valence-corrected chi connectivity index (χ1v) is 7.00. The van der Waals surface area contributed by atoms with E-state index in [1.807, 2.05) is 25.1 Å². The van der Waals surface area contributed by atoms with Crippen LogP contribution in [0, 0.1) is 6.92 Å². The lowest BCUT2D eigenvalue weighted by Gasteiger charge is -2.03. The van der Waals surface area contributed by atoms with Crippen LogP contribution in [-0.2, 0) is 4.79 Å². The molecule has 2 aromatic rings. The van der Waals surface area contributed by atoms with Crippen LogP contribution in [0.1, 0.15) is 18.4 Å². The lowest BCUT2D eigenvalue weighted by atomic mass is 10.2. The van der Waals surface area contributed by atoms with Crippen LogP contribution in [0.15, 0.2) is 18.2 Å². The maximum Gasteiger partial charge on any atom is 0.321 e. The maximum atomic E-state index is 11.6. The summed E-state index contributed by atoms with van der Waals surface area (Å²) in [4.78, 5) is 26.2. The molecule has 6 nitrogen and oxygen atoms in total. The van der Waals surface area contributed by atoms with Gasteiger partial charge < -0.3 is 10.4 Å². The van der Waals surface area contributed by atoms with E-state index in [0.29, 0.717) is 18.1 Å². The average molecular weight is 293 g/mol. The number of fused-ring (bicyclic) bond motifs is 1. The Hall–Kier alpha value is -2.15. The van der Waals surface area contributed by atoms with Crippen molar-refractivity contribution < 1.29 is 14.7 Å². The van der Waals surface area contributed by atoms with Gasteiger partial charge in [-0.25, -0.2) is 9.78 Å². The molecule has 0 fully saturated rings. The number of benzene rings is 1. The number of anilines is 1. The van der Waals surface area contributed by atoms with Gasteiger partial charge in [-0.3, -0.25) is 10.1 Å². The Kier molecular flexibility index (Phi) is 4.52. The predicted molar refractivity (Wildman–Crippen MR) is 78.2 cm³/mol. The van der Waals surface area contributed by atoms with Gasteiger partial charge in [0, 0.05) is 13.0 Å². The number of nitrogens with one attached hydrogen (secondary N) is 2. The second-order valence-corrected chi connectivity index (χ2v) is 5.40. The molecule has 0 saturated heterocycles. The van der Waals surface area contributed by atoms with Crippen LogP contribution in [0.4, 0.5) is 9.93 Å². The SMILES string of the molecule is Cc1ccc2nc(NC(=O)NCCCC(=O)O)sc2c1. The van der Waals surface area contributed by atoms with Gasteiger partial charge in [0.15, 0.2) is 5.13 Å². The number of hydrogen-bond donors (Lipinski definition) is 3. The van der Waals surface area contributed by atoms with Crippen LogP contribution in [0.3, 0.4) is 0 Å². The van der Waals surface area contributed by atoms with Gasteiger partial charge in [0.05, 0.1) is 10.2 Å². The quantitative estimate of drug-likeness (QED) is 0.739. The number of rotatable bonds is 5. The van der Waals surface area contributed by atoms with Gasteiger partial charge in [0.2, 0.25) is 0 Å². The monoisotopic (exact) mass is 293 g/mol. The fourth-order valence-electron chi connectivity index (χ4n) is 1.67. The number of urea groups is 1. The number of amides is 2. The third-order valence-electron chi connectivity index (χ3n) is 2.62. The number of thiazole rings is 1. The largest absolute Gasteiger partial charge is 0.481 e. The molecule has 1 aromatic carbocycles. The highest BCUT2D eigenvalue weighted by molar-refractivity contribution is 7.22. The summed E-state index contributed by atoms with van der Waals surface area (Å²) >= 11 is 1.41. The van der Waals surface area contributed by atoms with Crippen LogP contribution in [0.5, 0.6) is 0 Å². The molecule has 0 unspecified atom stereocenters. The van der Waals surface area contributed by atoms with Gasteiger partial charge in [-0.1, -0.05) is 17.4 Å². The molecular formula is C13H15N3O3S. The number of nitrogens with zero attached hydrogens (tertiary/aromatic N) is 1. The number of aromatic nitrogens is 1. The number of aliphatic carboxylic acids is 1. The summed E-state index contributed by atoms with van der Waals surface area (Å²) in [6.07, 6.45) is 0.447. The van der Waals surface area contributed by atoms with E-state index in [2.05, 4.69) is 15.6 Å². The topological polar surface area (TPSA) is 91.3 Å². The molecule has 0 aliphatic heterocycles. The molecule has 7 heteroatoms. The molecule has 1 heterocycles. The van der Waals surface area contributed by atoms with E-state index in [9.17, 15) is 9.59 Å². The summed E-state index contributed by atoms with van der Waals surface area (Å²) in [5.41, 5.74) is 1.99. The van der Waals surface area contributed by atoms with Crippen LogP contribution in [0.2, 0.25) is 0 Å². The Morgan fingerprint density at radius 2 is 2.20 bits per heavy atom. The third kappa shape index (κ3) is 3.92. The number of carboxylic acids is 1. The number of carbonyl (C=O) groups excluding carboxylic acids is 1. The van der Waals surface area contributed by atoms with Gasteiger partial charge in [-0.15, -0.1) is 0 Å². The van der Waals surface area contributed by atoms with Gasteiger partial charge in [0.25, 0.3) is 0 Å². The van der Waals surface area contributed by atoms with Crippen molar-refractivity contribution in [3.63, 3.8) is 0 Å². The summed E-state index contributed by atoms with van der Waals surface area (Å²) in [7, 11) is 0. The van der Waals surface area contributed by atoms with E-state index in [1.54, 1.807) is 0 Å². The van der Waals surface area contributed by atoms with E-state index in [4.69, 9.17) is 5.11 Å². The Morgan fingerprint density at radius 3 is 2.95 bits per heavy atom. The standard InChI is InChI=1S/C13H15N3O3S/c1-8-4-5-9-10(7-8)20-13(15-9)16-12(19)14-6-2-3-11(17)18/h4-5,7H,2-3,6H2,1H3,(H,17,18)(H2,14,15,16,19). The molecule has 0 aliphatic rings. The normalized spacial score (nSPS) is 10.4. The van der Waals surface area contributed by atoms with Crippen molar-refractivity contribution in [1.82, 2.24) is 10.3 Å². The lowest BCUT2D eigenvalue weighted by molar-refractivity contribution is -0.137. The zero-order valence-electron chi connectivity index (χ0n) is 11.0. The molecule has 2 amide bonds. The number of hydrogen-bond acceptors (Lipinski definition) is 4. The zero-order valence-corrected chi connectivity index (χ0v) is 11.8. The smallest absolute Gasteiger partial charge is 0.321 e. The Balaban J connectivity index is 1.88. The minimum atomic E-state index is -0.867. The zero-order chi connectivity index (χ0) is 14.5. The van der Waals surface area contributed by atoms with Crippen molar-refractivity contribution in [2.45, 2.75) is 19.8 Å². The van der Waals surface area contributed by atoms with Gasteiger partial charge in [-0.05, 0) is 31.0 Å². The summed E-state index contributed by atoms with van der Waals surface area (Å²) in [6.45, 7) is 2.32. The lowest BCUT2D eigenvalue weighted by Crippen LogP contribution is -2.29. The first kappa shape index (κ1) is 14.3. The molecular weight excluding hydrogens is 278 g/mol. The molecule has 0 radical (unpaired) electrons. The van der Waals surface area contributed by atoms with Crippen LogP contribution in [0.25, 0.3) is 10.2 Å².